The number of anilines is 1. The highest BCUT2D eigenvalue weighted by atomic mass is 32.2. The number of halogens is 1. The summed E-state index contributed by atoms with van der Waals surface area (Å²) in [5.74, 6) is -0.105. The number of aliphatic hydroxyl groups is 1. The fourth-order valence-corrected chi connectivity index (χ4v) is 5.55. The second-order valence-electron chi connectivity index (χ2n) is 10.0. The van der Waals surface area contributed by atoms with E-state index in [1.807, 2.05) is 73.1 Å². The Morgan fingerprint density at radius 1 is 1.10 bits per heavy atom. The molecule has 6 rings (SSSR count). The molecular weight excluding hydrogens is 551 g/mol. The molecule has 0 aliphatic heterocycles. The first-order valence-corrected chi connectivity index (χ1v) is 14.6. The van der Waals surface area contributed by atoms with Crippen LogP contribution in [0.1, 0.15) is 21.5 Å². The van der Waals surface area contributed by atoms with Crippen LogP contribution in [-0.4, -0.2) is 41.3 Å². The Bertz CT molecular complexity index is 1960. The van der Waals surface area contributed by atoms with Crippen LogP contribution in [0.25, 0.3) is 55.8 Å². The lowest BCUT2D eigenvalue weighted by molar-refractivity contribution is 0.0964. The normalized spacial score (nSPS) is 11.4. The van der Waals surface area contributed by atoms with E-state index < -0.39 is 0 Å². The van der Waals surface area contributed by atoms with E-state index in [-0.39, 0.29) is 18.3 Å². The maximum atomic E-state index is 14.5. The molecular formula is C33H29FN4O3S. The van der Waals surface area contributed by atoms with Crippen LogP contribution in [0.2, 0.25) is 0 Å². The molecule has 0 radical (unpaired) electrons. The van der Waals surface area contributed by atoms with Crippen molar-refractivity contribution in [1.82, 2.24) is 15.3 Å². The second kappa shape index (κ2) is 11.0. The van der Waals surface area contributed by atoms with Crippen molar-refractivity contribution in [3.63, 3.8) is 0 Å². The van der Waals surface area contributed by atoms with Crippen molar-refractivity contribution >= 4 is 45.4 Å². The molecule has 9 heteroatoms. The van der Waals surface area contributed by atoms with Crippen molar-refractivity contribution < 1.29 is 18.7 Å². The van der Waals surface area contributed by atoms with Crippen LogP contribution in [0.5, 0.6) is 0 Å². The molecule has 0 spiro atoms. The standard InChI is InChI=1S/C33H29FN4O3S/c1-18-8-10-19(11-9-18)32-30(33(40)35-2)23-14-22(28(38(3)42-4)16-29(23)41-32)26-13-12-20(17-39)31(37-26)27-15-21-24(34)6-5-7-25(21)36-27/h5-16,36,39H,17H2,1-4H3,(H,35,40). The number of pyridine rings is 1. The third-order valence-electron chi connectivity index (χ3n) is 7.48. The fourth-order valence-electron chi connectivity index (χ4n) is 5.20. The fraction of sp³-hybridized carbons (Fsp3) is 0.152. The van der Waals surface area contributed by atoms with Crippen molar-refractivity contribution in [3.8, 4) is 34.0 Å². The van der Waals surface area contributed by atoms with Gasteiger partial charge >= 0.3 is 0 Å². The third kappa shape index (κ3) is 4.70. The number of hydrogen-bond donors (Lipinski definition) is 3. The lowest BCUT2D eigenvalue weighted by atomic mass is 9.99. The van der Waals surface area contributed by atoms with Gasteiger partial charge in [-0.2, -0.15) is 0 Å². The van der Waals surface area contributed by atoms with E-state index in [0.29, 0.717) is 55.8 Å². The molecule has 3 heterocycles. The molecule has 0 bridgehead atoms. The molecule has 6 aromatic rings. The van der Waals surface area contributed by atoms with Gasteiger partial charge in [0.05, 0.1) is 34.9 Å². The molecule has 0 fully saturated rings. The second-order valence-corrected chi connectivity index (χ2v) is 11.0. The van der Waals surface area contributed by atoms with Crippen LogP contribution >= 0.6 is 11.9 Å². The minimum atomic E-state index is -0.336. The number of furan rings is 1. The number of amides is 1. The van der Waals surface area contributed by atoms with Crippen LogP contribution in [0.3, 0.4) is 0 Å². The summed E-state index contributed by atoms with van der Waals surface area (Å²) in [6.45, 7) is 1.77. The van der Waals surface area contributed by atoms with Gasteiger partial charge in [0.25, 0.3) is 5.91 Å². The number of aryl methyl sites for hydroxylation is 1. The number of nitrogens with zero attached hydrogens (tertiary/aromatic N) is 2. The molecule has 0 unspecified atom stereocenters. The summed E-state index contributed by atoms with van der Waals surface area (Å²) in [5.41, 5.74) is 7.50. The summed E-state index contributed by atoms with van der Waals surface area (Å²) in [6.07, 6.45) is 1.97. The van der Waals surface area contributed by atoms with Crippen molar-refractivity contribution in [2.45, 2.75) is 13.5 Å². The average molecular weight is 581 g/mol. The lowest BCUT2D eigenvalue weighted by Crippen LogP contribution is -2.18. The number of carbonyl (C=O) groups is 1. The highest BCUT2D eigenvalue weighted by Crippen LogP contribution is 2.42. The topological polar surface area (TPSA) is 94.4 Å². The van der Waals surface area contributed by atoms with E-state index in [2.05, 4.69) is 10.3 Å². The number of H-pyrrole nitrogens is 1. The summed E-state index contributed by atoms with van der Waals surface area (Å²) >= 11 is 1.52. The van der Waals surface area contributed by atoms with Crippen molar-refractivity contribution in [1.29, 1.82) is 0 Å². The smallest absolute Gasteiger partial charge is 0.255 e. The summed E-state index contributed by atoms with van der Waals surface area (Å²) in [5, 5.41) is 14.0. The predicted octanol–water partition coefficient (Wildman–Crippen LogP) is 7.32. The number of aromatic amines is 1. The summed E-state index contributed by atoms with van der Waals surface area (Å²) in [6, 6.07) is 21.9. The van der Waals surface area contributed by atoms with E-state index in [9.17, 15) is 14.3 Å². The molecule has 3 aromatic carbocycles. The minimum Gasteiger partial charge on any atom is -0.455 e. The summed E-state index contributed by atoms with van der Waals surface area (Å²) in [7, 11) is 3.55. The Hall–Kier alpha value is -4.60. The van der Waals surface area contributed by atoms with Gasteiger partial charge in [0.1, 0.15) is 17.2 Å². The molecule has 42 heavy (non-hydrogen) atoms. The molecule has 0 aliphatic carbocycles. The van der Waals surface area contributed by atoms with Crippen LogP contribution in [0.4, 0.5) is 10.1 Å². The zero-order chi connectivity index (χ0) is 29.5. The summed E-state index contributed by atoms with van der Waals surface area (Å²) < 4.78 is 22.9. The molecule has 3 aromatic heterocycles. The number of nitrogens with one attached hydrogen (secondary N) is 2. The number of carbonyl (C=O) groups excluding carboxylic acids is 1. The maximum Gasteiger partial charge on any atom is 0.255 e. The van der Waals surface area contributed by atoms with Crippen LogP contribution < -0.4 is 9.62 Å². The number of rotatable bonds is 7. The molecule has 1 amide bonds. The van der Waals surface area contributed by atoms with Gasteiger partial charge in [-0.05, 0) is 37.3 Å². The van der Waals surface area contributed by atoms with Gasteiger partial charge in [0.2, 0.25) is 0 Å². The molecule has 3 N–H and O–H groups in total. The number of aliphatic hydroxyl groups excluding tert-OH is 1. The molecule has 0 saturated carbocycles. The van der Waals surface area contributed by atoms with Gasteiger partial charge in [0.15, 0.2) is 0 Å². The highest BCUT2D eigenvalue weighted by molar-refractivity contribution is 7.99. The number of aromatic nitrogens is 2. The zero-order valence-electron chi connectivity index (χ0n) is 23.6. The third-order valence-corrected chi connectivity index (χ3v) is 8.22. The minimum absolute atomic E-state index is 0.237. The van der Waals surface area contributed by atoms with Crippen LogP contribution in [0, 0.1) is 12.7 Å². The number of benzene rings is 3. The summed E-state index contributed by atoms with van der Waals surface area (Å²) in [4.78, 5) is 21.5. The maximum absolute atomic E-state index is 14.5. The van der Waals surface area contributed by atoms with E-state index in [0.717, 1.165) is 22.4 Å². The molecule has 0 saturated heterocycles. The molecule has 212 valence electrons. The monoisotopic (exact) mass is 580 g/mol. The van der Waals surface area contributed by atoms with E-state index in [1.54, 1.807) is 25.2 Å². The van der Waals surface area contributed by atoms with E-state index in [1.165, 1.54) is 18.0 Å². The van der Waals surface area contributed by atoms with Crippen molar-refractivity contribution in [3.05, 3.63) is 95.3 Å². The Balaban J connectivity index is 1.60. The highest BCUT2D eigenvalue weighted by Gasteiger charge is 2.25. The Kier molecular flexibility index (Phi) is 7.22. The Morgan fingerprint density at radius 2 is 1.88 bits per heavy atom. The van der Waals surface area contributed by atoms with Crippen molar-refractivity contribution in [2.24, 2.45) is 0 Å². The zero-order valence-corrected chi connectivity index (χ0v) is 24.4. The van der Waals surface area contributed by atoms with Gasteiger partial charge in [-0.15, -0.1) is 0 Å². The Labute approximate surface area is 246 Å². The number of hydrogen-bond acceptors (Lipinski definition) is 6. The van der Waals surface area contributed by atoms with Gasteiger partial charge in [0, 0.05) is 59.4 Å². The van der Waals surface area contributed by atoms with Crippen LogP contribution in [-0.2, 0) is 6.61 Å². The molecule has 0 aliphatic rings. The van der Waals surface area contributed by atoms with Gasteiger partial charge in [-0.1, -0.05) is 53.9 Å². The van der Waals surface area contributed by atoms with Crippen molar-refractivity contribution in [2.75, 3.05) is 24.7 Å². The molecule has 7 nitrogen and oxygen atoms in total. The first-order chi connectivity index (χ1) is 20.3. The van der Waals surface area contributed by atoms with Gasteiger partial charge in [-0.3, -0.25) is 4.79 Å². The first kappa shape index (κ1) is 27.6. The largest absolute Gasteiger partial charge is 0.455 e. The molecule has 0 atom stereocenters. The average Bonchev–Trinajstić information content (AvgIpc) is 3.62. The predicted molar refractivity (Wildman–Crippen MR) is 168 cm³/mol. The quantitative estimate of drug-likeness (QED) is 0.171. The Morgan fingerprint density at radius 3 is 2.57 bits per heavy atom. The SMILES string of the molecule is CNC(=O)c1c(-c2ccc(C)cc2)oc2cc(N(C)SC)c(-c3ccc(CO)c(-c4cc5c(F)cccc5[nH]4)n3)cc12. The van der Waals surface area contributed by atoms with E-state index >= 15 is 0 Å². The van der Waals surface area contributed by atoms with Crippen LogP contribution in [0.15, 0.2) is 77.2 Å². The van der Waals surface area contributed by atoms with E-state index in [4.69, 9.17) is 9.40 Å². The number of fused-ring (bicyclic) bond motifs is 2. The first-order valence-electron chi connectivity index (χ1n) is 13.4. The lowest BCUT2D eigenvalue weighted by Gasteiger charge is -2.20. The van der Waals surface area contributed by atoms with Gasteiger partial charge < -0.3 is 24.1 Å². The van der Waals surface area contributed by atoms with Gasteiger partial charge in [-0.25, -0.2) is 9.37 Å².